The zero-order chi connectivity index (χ0) is 22.2. The molecule has 7 nitrogen and oxygen atoms in total. The minimum Gasteiger partial charge on any atom is -0.478 e. The Balaban J connectivity index is 1.93. The van der Waals surface area contributed by atoms with E-state index in [1.165, 1.54) is 41.1 Å². The Kier molecular flexibility index (Phi) is 5.65. The van der Waals surface area contributed by atoms with Crippen LogP contribution < -0.4 is 0 Å². The number of benzene rings is 3. The Morgan fingerprint density at radius 1 is 0.935 bits per heavy atom. The lowest BCUT2D eigenvalue weighted by molar-refractivity contribution is 0.0697. The predicted molar refractivity (Wildman–Crippen MR) is 118 cm³/mol. The summed E-state index contributed by atoms with van der Waals surface area (Å²) in [6.07, 6.45) is 0. The summed E-state index contributed by atoms with van der Waals surface area (Å²) in [5.41, 5.74) is 1.33. The molecule has 0 aliphatic rings. The Hall–Kier alpha value is -3.01. The van der Waals surface area contributed by atoms with Gasteiger partial charge in [0.15, 0.2) is 0 Å². The van der Waals surface area contributed by atoms with Crippen LogP contribution in [0.3, 0.4) is 0 Å². The molecule has 0 fully saturated rings. The van der Waals surface area contributed by atoms with Gasteiger partial charge in [-0.05, 0) is 60.7 Å². The minimum atomic E-state index is -4.00. The standard InChI is InChI=1S/C21H13BrClN3O4S/c22-15-5-11-18(12-6-15)31(29,30)20-19(13-1-7-16(23)8-2-13)26(25-24-20)17-9-3-14(4-10-17)21(27)28/h1-12H,(H,27,28). The van der Waals surface area contributed by atoms with E-state index in [1.54, 1.807) is 36.4 Å². The SMILES string of the molecule is O=C(O)c1ccc(-n2nnc(S(=O)(=O)c3ccc(Br)cc3)c2-c2ccc(Cl)cc2)cc1. The fraction of sp³-hybridized carbons (Fsp3) is 0. The molecule has 0 aliphatic carbocycles. The van der Waals surface area contributed by atoms with Gasteiger partial charge in [-0.1, -0.05) is 44.9 Å². The van der Waals surface area contributed by atoms with Gasteiger partial charge in [-0.25, -0.2) is 17.9 Å². The topological polar surface area (TPSA) is 102 Å². The van der Waals surface area contributed by atoms with Crippen LogP contribution in [0.25, 0.3) is 16.9 Å². The van der Waals surface area contributed by atoms with Gasteiger partial charge in [0.25, 0.3) is 0 Å². The molecular formula is C21H13BrClN3O4S. The average Bonchev–Trinajstić information content (AvgIpc) is 3.21. The molecule has 4 rings (SSSR count). The van der Waals surface area contributed by atoms with Crippen molar-refractivity contribution in [1.29, 1.82) is 0 Å². The van der Waals surface area contributed by atoms with Crippen molar-refractivity contribution in [2.45, 2.75) is 9.92 Å². The van der Waals surface area contributed by atoms with E-state index in [9.17, 15) is 13.2 Å². The van der Waals surface area contributed by atoms with Gasteiger partial charge < -0.3 is 5.11 Å². The Labute approximate surface area is 191 Å². The normalized spacial score (nSPS) is 11.4. The van der Waals surface area contributed by atoms with Crippen molar-refractivity contribution in [2.24, 2.45) is 0 Å². The molecule has 0 bridgehead atoms. The largest absolute Gasteiger partial charge is 0.478 e. The quantitative estimate of drug-likeness (QED) is 0.404. The van der Waals surface area contributed by atoms with Gasteiger partial charge in [0.05, 0.1) is 16.1 Å². The van der Waals surface area contributed by atoms with Crippen molar-refractivity contribution in [1.82, 2.24) is 15.0 Å². The summed E-state index contributed by atoms with van der Waals surface area (Å²) in [4.78, 5) is 11.2. The zero-order valence-corrected chi connectivity index (χ0v) is 18.8. The van der Waals surface area contributed by atoms with E-state index < -0.39 is 15.8 Å². The summed E-state index contributed by atoms with van der Waals surface area (Å²) in [7, 11) is -4.00. The highest BCUT2D eigenvalue weighted by Gasteiger charge is 2.29. The summed E-state index contributed by atoms with van der Waals surface area (Å²) in [5, 5.41) is 17.5. The number of aromatic carboxylic acids is 1. The van der Waals surface area contributed by atoms with E-state index in [-0.39, 0.29) is 21.2 Å². The van der Waals surface area contributed by atoms with Crippen LogP contribution in [0.2, 0.25) is 5.02 Å². The lowest BCUT2D eigenvalue weighted by Crippen LogP contribution is -2.06. The minimum absolute atomic E-state index is 0.0687. The summed E-state index contributed by atoms with van der Waals surface area (Å²) in [6.45, 7) is 0. The zero-order valence-electron chi connectivity index (χ0n) is 15.6. The van der Waals surface area contributed by atoms with E-state index in [1.807, 2.05) is 0 Å². The first-order valence-electron chi connectivity index (χ1n) is 8.83. The maximum absolute atomic E-state index is 13.4. The van der Waals surface area contributed by atoms with Gasteiger partial charge in [-0.15, -0.1) is 5.10 Å². The number of rotatable bonds is 5. The molecule has 3 aromatic carbocycles. The van der Waals surface area contributed by atoms with Gasteiger partial charge in [0, 0.05) is 15.1 Å². The number of carboxylic acids is 1. The Morgan fingerprint density at radius 3 is 2.13 bits per heavy atom. The van der Waals surface area contributed by atoms with Gasteiger partial charge in [0.2, 0.25) is 14.9 Å². The van der Waals surface area contributed by atoms with Crippen molar-refractivity contribution < 1.29 is 18.3 Å². The van der Waals surface area contributed by atoms with Crippen molar-refractivity contribution >= 4 is 43.3 Å². The summed E-state index contributed by atoms with van der Waals surface area (Å²) in [6, 6.07) is 18.7. The molecular weight excluding hydrogens is 506 g/mol. The number of nitrogens with zero attached hydrogens (tertiary/aromatic N) is 3. The first kappa shape index (κ1) is 21.2. The van der Waals surface area contributed by atoms with E-state index in [2.05, 4.69) is 26.2 Å². The maximum Gasteiger partial charge on any atom is 0.335 e. The summed E-state index contributed by atoms with van der Waals surface area (Å²) < 4.78 is 28.8. The van der Waals surface area contributed by atoms with Gasteiger partial charge in [0.1, 0.15) is 5.69 Å². The van der Waals surface area contributed by atoms with Crippen LogP contribution in [-0.2, 0) is 9.84 Å². The van der Waals surface area contributed by atoms with Crippen LogP contribution >= 0.6 is 27.5 Å². The van der Waals surface area contributed by atoms with E-state index in [0.717, 1.165) is 4.47 Å². The fourth-order valence-corrected chi connectivity index (χ4v) is 4.66. The lowest BCUT2D eigenvalue weighted by atomic mass is 10.1. The molecule has 156 valence electrons. The van der Waals surface area contributed by atoms with Crippen LogP contribution in [-0.4, -0.2) is 34.5 Å². The van der Waals surface area contributed by atoms with Crippen LogP contribution in [0.5, 0.6) is 0 Å². The molecule has 0 aliphatic heterocycles. The molecule has 0 saturated carbocycles. The van der Waals surface area contributed by atoms with Gasteiger partial charge in [-0.2, -0.15) is 0 Å². The van der Waals surface area contributed by atoms with Crippen LogP contribution in [0.15, 0.2) is 87.2 Å². The summed E-state index contributed by atoms with van der Waals surface area (Å²) >= 11 is 9.30. The maximum atomic E-state index is 13.4. The smallest absolute Gasteiger partial charge is 0.335 e. The van der Waals surface area contributed by atoms with Crippen LogP contribution in [0.1, 0.15) is 10.4 Å². The first-order valence-corrected chi connectivity index (χ1v) is 11.5. The molecule has 0 atom stereocenters. The Bertz CT molecular complexity index is 1370. The second-order valence-corrected chi connectivity index (χ2v) is 9.69. The van der Waals surface area contributed by atoms with E-state index >= 15 is 0 Å². The average molecular weight is 519 g/mol. The molecule has 0 saturated heterocycles. The van der Waals surface area contributed by atoms with Crippen LogP contribution in [0, 0.1) is 0 Å². The first-order chi connectivity index (χ1) is 14.8. The molecule has 0 unspecified atom stereocenters. The monoisotopic (exact) mass is 517 g/mol. The predicted octanol–water partition coefficient (Wildman–Crippen LogP) is 4.88. The number of hydrogen-bond donors (Lipinski definition) is 1. The second-order valence-electron chi connectivity index (χ2n) is 6.47. The molecule has 0 radical (unpaired) electrons. The fourth-order valence-electron chi connectivity index (χ4n) is 2.95. The van der Waals surface area contributed by atoms with E-state index in [0.29, 0.717) is 16.3 Å². The lowest BCUT2D eigenvalue weighted by Gasteiger charge is -2.10. The highest BCUT2D eigenvalue weighted by Crippen LogP contribution is 2.32. The molecule has 1 heterocycles. The van der Waals surface area contributed by atoms with Gasteiger partial charge in [-0.3, -0.25) is 0 Å². The molecule has 0 spiro atoms. The third-order valence-corrected chi connectivity index (χ3v) is 6.95. The molecule has 4 aromatic rings. The number of carbonyl (C=O) groups is 1. The highest BCUT2D eigenvalue weighted by atomic mass is 79.9. The van der Waals surface area contributed by atoms with Crippen molar-refractivity contribution in [3.8, 4) is 16.9 Å². The molecule has 10 heteroatoms. The molecule has 0 amide bonds. The van der Waals surface area contributed by atoms with Crippen molar-refractivity contribution in [3.05, 3.63) is 87.9 Å². The molecule has 31 heavy (non-hydrogen) atoms. The number of hydrogen-bond acceptors (Lipinski definition) is 5. The second kappa shape index (κ2) is 8.26. The number of halogens is 2. The highest BCUT2D eigenvalue weighted by molar-refractivity contribution is 9.10. The molecule has 1 N–H and O–H groups in total. The number of sulfone groups is 1. The third-order valence-electron chi connectivity index (χ3n) is 4.49. The Morgan fingerprint density at radius 2 is 1.55 bits per heavy atom. The molecule has 1 aromatic heterocycles. The van der Waals surface area contributed by atoms with Crippen LogP contribution in [0.4, 0.5) is 0 Å². The van der Waals surface area contributed by atoms with E-state index in [4.69, 9.17) is 16.7 Å². The van der Waals surface area contributed by atoms with Gasteiger partial charge >= 0.3 is 5.97 Å². The number of aromatic nitrogens is 3. The van der Waals surface area contributed by atoms with Crippen molar-refractivity contribution in [2.75, 3.05) is 0 Å². The third kappa shape index (κ3) is 4.12. The van der Waals surface area contributed by atoms with Crippen molar-refractivity contribution in [3.63, 3.8) is 0 Å². The number of carboxylic acid groups (broad SMARTS) is 1. The summed E-state index contributed by atoms with van der Waals surface area (Å²) in [5.74, 6) is -1.07.